The van der Waals surface area contributed by atoms with Gasteiger partial charge in [0.15, 0.2) is 0 Å². The van der Waals surface area contributed by atoms with E-state index >= 15 is 0 Å². The molecule has 1 aliphatic heterocycles. The number of nitrogens with zero attached hydrogens (tertiary/aromatic N) is 5. The van der Waals surface area contributed by atoms with Crippen LogP contribution < -0.4 is 0 Å². The summed E-state index contributed by atoms with van der Waals surface area (Å²) in [5.41, 5.74) is 3.64. The summed E-state index contributed by atoms with van der Waals surface area (Å²) < 4.78 is 7.18. The Morgan fingerprint density at radius 3 is 2.96 bits per heavy atom. The maximum absolute atomic E-state index is 13.3. The first-order valence-corrected chi connectivity index (χ1v) is 8.56. The van der Waals surface area contributed by atoms with Crippen LogP contribution >= 0.6 is 0 Å². The van der Waals surface area contributed by atoms with E-state index in [0.717, 1.165) is 42.6 Å². The fourth-order valence-corrected chi connectivity index (χ4v) is 3.62. The SMILES string of the molecule is Cc1cnn(C[C@@H]2CCCN2C(=O)c2cc(C)nc3onc(C)c23)c1. The molecule has 1 aliphatic rings. The molecule has 1 atom stereocenters. The van der Waals surface area contributed by atoms with E-state index in [1.165, 1.54) is 0 Å². The van der Waals surface area contributed by atoms with Crippen molar-refractivity contribution in [2.24, 2.45) is 0 Å². The molecule has 3 aromatic heterocycles. The van der Waals surface area contributed by atoms with Crippen LogP contribution in [0.2, 0.25) is 0 Å². The smallest absolute Gasteiger partial charge is 0.258 e. The van der Waals surface area contributed by atoms with Crippen LogP contribution in [-0.4, -0.2) is 43.3 Å². The Hall–Kier alpha value is -2.70. The van der Waals surface area contributed by atoms with Gasteiger partial charge in [-0.2, -0.15) is 5.10 Å². The summed E-state index contributed by atoms with van der Waals surface area (Å²) in [6.07, 6.45) is 5.85. The van der Waals surface area contributed by atoms with Gasteiger partial charge in [-0.15, -0.1) is 0 Å². The molecule has 4 heterocycles. The van der Waals surface area contributed by atoms with Gasteiger partial charge in [0.1, 0.15) is 0 Å². The molecule has 1 fully saturated rings. The van der Waals surface area contributed by atoms with Gasteiger partial charge in [0, 0.05) is 18.4 Å². The lowest BCUT2D eigenvalue weighted by molar-refractivity contribution is 0.0723. The van der Waals surface area contributed by atoms with Crippen molar-refractivity contribution in [3.8, 4) is 0 Å². The van der Waals surface area contributed by atoms with E-state index in [1.807, 2.05) is 48.8 Å². The van der Waals surface area contributed by atoms with Crippen molar-refractivity contribution in [2.45, 2.75) is 46.2 Å². The molecule has 0 unspecified atom stereocenters. The first kappa shape index (κ1) is 15.8. The van der Waals surface area contributed by atoms with Crippen LogP contribution in [0, 0.1) is 20.8 Å². The van der Waals surface area contributed by atoms with Gasteiger partial charge in [0.25, 0.3) is 11.6 Å². The first-order valence-electron chi connectivity index (χ1n) is 8.56. The molecule has 25 heavy (non-hydrogen) atoms. The van der Waals surface area contributed by atoms with Gasteiger partial charge in [-0.3, -0.25) is 9.48 Å². The molecular formula is C18H21N5O2. The minimum Gasteiger partial charge on any atom is -0.336 e. The van der Waals surface area contributed by atoms with Crippen LogP contribution in [-0.2, 0) is 6.54 Å². The molecule has 0 radical (unpaired) electrons. The lowest BCUT2D eigenvalue weighted by Crippen LogP contribution is -2.38. The molecule has 0 aliphatic carbocycles. The minimum atomic E-state index is 0.0215. The molecule has 0 bridgehead atoms. The quantitative estimate of drug-likeness (QED) is 0.733. The number of fused-ring (bicyclic) bond motifs is 1. The van der Waals surface area contributed by atoms with E-state index in [-0.39, 0.29) is 11.9 Å². The van der Waals surface area contributed by atoms with Crippen LogP contribution in [0.25, 0.3) is 11.1 Å². The molecule has 1 saturated heterocycles. The number of pyridine rings is 1. The highest BCUT2D eigenvalue weighted by atomic mass is 16.5. The number of hydrogen-bond donors (Lipinski definition) is 0. The predicted molar refractivity (Wildman–Crippen MR) is 92.3 cm³/mol. The molecule has 0 aromatic carbocycles. The number of aromatic nitrogens is 4. The molecule has 7 heteroatoms. The monoisotopic (exact) mass is 339 g/mol. The van der Waals surface area contributed by atoms with Crippen molar-refractivity contribution >= 4 is 17.0 Å². The van der Waals surface area contributed by atoms with E-state index in [4.69, 9.17) is 4.52 Å². The lowest BCUT2D eigenvalue weighted by Gasteiger charge is -2.25. The van der Waals surface area contributed by atoms with Gasteiger partial charge in [-0.25, -0.2) is 4.98 Å². The number of likely N-dealkylation sites (tertiary alicyclic amines) is 1. The van der Waals surface area contributed by atoms with Gasteiger partial charge in [-0.1, -0.05) is 5.16 Å². The number of amides is 1. The van der Waals surface area contributed by atoms with E-state index in [2.05, 4.69) is 15.2 Å². The van der Waals surface area contributed by atoms with Gasteiger partial charge in [0.05, 0.1) is 35.4 Å². The Morgan fingerprint density at radius 2 is 2.20 bits per heavy atom. The Balaban J connectivity index is 1.67. The largest absolute Gasteiger partial charge is 0.336 e. The molecule has 7 nitrogen and oxygen atoms in total. The molecule has 0 saturated carbocycles. The number of hydrogen-bond acceptors (Lipinski definition) is 5. The third-order valence-corrected chi connectivity index (χ3v) is 4.77. The third-order valence-electron chi connectivity index (χ3n) is 4.77. The van der Waals surface area contributed by atoms with Crippen molar-refractivity contribution in [2.75, 3.05) is 6.54 Å². The van der Waals surface area contributed by atoms with Crippen molar-refractivity contribution in [1.29, 1.82) is 0 Å². The van der Waals surface area contributed by atoms with Crippen LogP contribution in [0.3, 0.4) is 0 Å². The Morgan fingerprint density at radius 1 is 1.36 bits per heavy atom. The molecule has 0 N–H and O–H groups in total. The first-order chi connectivity index (χ1) is 12.0. The molecule has 1 amide bonds. The number of rotatable bonds is 3. The fraction of sp³-hybridized carbons (Fsp3) is 0.444. The van der Waals surface area contributed by atoms with Crippen molar-refractivity contribution < 1.29 is 9.32 Å². The van der Waals surface area contributed by atoms with Crippen molar-refractivity contribution in [3.05, 3.63) is 41.0 Å². The minimum absolute atomic E-state index is 0.0215. The van der Waals surface area contributed by atoms with Gasteiger partial charge in [0.2, 0.25) is 0 Å². The van der Waals surface area contributed by atoms with Gasteiger partial charge < -0.3 is 9.42 Å². The standard InChI is InChI=1S/C18H21N5O2/c1-11-8-19-22(9-11)10-14-5-4-6-23(14)18(24)15-7-12(2)20-17-16(15)13(3)21-25-17/h7-9,14H,4-6,10H2,1-3H3/t14-/m0/s1. The Kier molecular flexibility index (Phi) is 3.78. The summed E-state index contributed by atoms with van der Waals surface area (Å²) >= 11 is 0. The van der Waals surface area contributed by atoms with Crippen molar-refractivity contribution in [3.63, 3.8) is 0 Å². The molecular weight excluding hydrogens is 318 g/mol. The van der Waals surface area contributed by atoms with Crippen molar-refractivity contribution in [1.82, 2.24) is 24.8 Å². The number of aryl methyl sites for hydroxylation is 3. The van der Waals surface area contributed by atoms with E-state index in [1.54, 1.807) is 0 Å². The molecule has 130 valence electrons. The zero-order chi connectivity index (χ0) is 17.6. The third kappa shape index (κ3) is 2.79. The Bertz CT molecular complexity index is 942. The molecule has 4 rings (SSSR count). The topological polar surface area (TPSA) is 77.0 Å². The fourth-order valence-electron chi connectivity index (χ4n) is 3.62. The average Bonchev–Trinajstić information content (AvgIpc) is 3.28. The van der Waals surface area contributed by atoms with E-state index < -0.39 is 0 Å². The maximum atomic E-state index is 13.3. The summed E-state index contributed by atoms with van der Waals surface area (Å²) in [5.74, 6) is 0.0215. The highest BCUT2D eigenvalue weighted by Crippen LogP contribution is 2.27. The molecule has 3 aromatic rings. The van der Waals surface area contributed by atoms with Gasteiger partial charge in [-0.05, 0) is 45.2 Å². The number of carbonyl (C=O) groups excluding carboxylic acids is 1. The Labute approximate surface area is 145 Å². The summed E-state index contributed by atoms with van der Waals surface area (Å²) in [6.45, 7) is 7.20. The van der Waals surface area contributed by atoms with Crippen LogP contribution in [0.15, 0.2) is 23.0 Å². The summed E-state index contributed by atoms with van der Waals surface area (Å²) in [7, 11) is 0. The van der Waals surface area contributed by atoms with Crippen LogP contribution in [0.1, 0.15) is 40.2 Å². The number of carbonyl (C=O) groups is 1. The maximum Gasteiger partial charge on any atom is 0.258 e. The van der Waals surface area contributed by atoms with Gasteiger partial charge >= 0.3 is 0 Å². The summed E-state index contributed by atoms with van der Waals surface area (Å²) in [4.78, 5) is 19.6. The van der Waals surface area contributed by atoms with Crippen LogP contribution in [0.4, 0.5) is 0 Å². The molecule has 0 spiro atoms. The van der Waals surface area contributed by atoms with E-state index in [0.29, 0.717) is 17.0 Å². The summed E-state index contributed by atoms with van der Waals surface area (Å²) in [6, 6.07) is 1.98. The summed E-state index contributed by atoms with van der Waals surface area (Å²) in [5, 5.41) is 9.05. The second-order valence-electron chi connectivity index (χ2n) is 6.79. The highest BCUT2D eigenvalue weighted by Gasteiger charge is 2.31. The highest BCUT2D eigenvalue weighted by molar-refractivity contribution is 6.06. The zero-order valence-electron chi connectivity index (χ0n) is 14.7. The zero-order valence-corrected chi connectivity index (χ0v) is 14.7. The average molecular weight is 339 g/mol. The normalized spacial score (nSPS) is 17.6. The second-order valence-corrected chi connectivity index (χ2v) is 6.79. The predicted octanol–water partition coefficient (Wildman–Crippen LogP) is 2.65. The lowest BCUT2D eigenvalue weighted by atomic mass is 10.1. The second kappa shape index (κ2) is 5.98. The van der Waals surface area contributed by atoms with Crippen LogP contribution in [0.5, 0.6) is 0 Å². The van der Waals surface area contributed by atoms with E-state index in [9.17, 15) is 4.79 Å².